The number of hydrogen-bond acceptors (Lipinski definition) is 8. The Morgan fingerprint density at radius 2 is 1.97 bits per heavy atom. The first-order valence-electron chi connectivity index (χ1n) is 10.9. The van der Waals surface area contributed by atoms with Gasteiger partial charge in [0.1, 0.15) is 23.9 Å². The van der Waals surface area contributed by atoms with Crippen molar-refractivity contribution in [2.45, 2.75) is 19.4 Å². The normalized spacial score (nSPS) is 12.9. The summed E-state index contributed by atoms with van der Waals surface area (Å²) in [5.41, 5.74) is 1.82. The zero-order valence-electron chi connectivity index (χ0n) is 18.9. The first-order valence-corrected chi connectivity index (χ1v) is 11.3. The van der Waals surface area contributed by atoms with Crippen LogP contribution >= 0.6 is 12.2 Å². The number of ether oxygens (including phenoxy) is 1. The summed E-state index contributed by atoms with van der Waals surface area (Å²) in [5, 5.41) is 26.1. The molecule has 35 heavy (non-hydrogen) atoms. The minimum atomic E-state index is -0.554. The summed E-state index contributed by atoms with van der Waals surface area (Å²) in [5.74, 6) is 0.898. The Kier molecular flexibility index (Phi) is 7.28. The first-order chi connectivity index (χ1) is 16.9. The molecule has 2 aromatic carbocycles. The number of carbonyl (C=O) groups is 1. The van der Waals surface area contributed by atoms with Gasteiger partial charge in [-0.2, -0.15) is 0 Å². The highest BCUT2D eigenvalue weighted by atomic mass is 32.1. The van der Waals surface area contributed by atoms with Gasteiger partial charge in [-0.3, -0.25) is 20.2 Å². The van der Waals surface area contributed by atoms with Gasteiger partial charge in [0.15, 0.2) is 5.11 Å². The number of thiocarbonyl (C=S) groups is 1. The smallest absolute Gasteiger partial charge is 0.270 e. The number of nitrogens with one attached hydrogen (secondary N) is 2. The Hall–Kier alpha value is -3.96. The maximum Gasteiger partial charge on any atom is 0.270 e. The van der Waals surface area contributed by atoms with Crippen molar-refractivity contribution in [3.05, 3.63) is 70.0 Å². The van der Waals surface area contributed by atoms with Crippen LogP contribution in [0.5, 0.6) is 5.75 Å². The third kappa shape index (κ3) is 5.42. The van der Waals surface area contributed by atoms with E-state index >= 15 is 0 Å². The average Bonchev–Trinajstić information content (AvgIpc) is 3.56. The SMILES string of the molecule is COc1ccc(-c2ccc(CO)o2)cc1NC(=S)NC(=O)c1cc([N+](=O)[O-])ccc1N1CCCC1. The second-order valence-electron chi connectivity index (χ2n) is 7.90. The molecule has 10 nitrogen and oxygen atoms in total. The van der Waals surface area contributed by atoms with Gasteiger partial charge in [0.2, 0.25) is 0 Å². The molecule has 0 unspecified atom stereocenters. The third-order valence-corrected chi connectivity index (χ3v) is 5.86. The molecule has 0 spiro atoms. The molecule has 0 saturated carbocycles. The van der Waals surface area contributed by atoms with Crippen molar-refractivity contribution in [1.29, 1.82) is 0 Å². The topological polar surface area (TPSA) is 130 Å². The summed E-state index contributed by atoms with van der Waals surface area (Å²) in [4.78, 5) is 25.9. The molecule has 4 rings (SSSR count). The third-order valence-electron chi connectivity index (χ3n) is 5.66. The molecule has 0 aliphatic carbocycles. The van der Waals surface area contributed by atoms with E-state index in [1.807, 2.05) is 4.90 Å². The molecule has 0 atom stereocenters. The highest BCUT2D eigenvalue weighted by molar-refractivity contribution is 7.80. The number of carbonyl (C=O) groups excluding carboxylic acids is 1. The van der Waals surface area contributed by atoms with Gasteiger partial charge in [-0.05, 0) is 61.5 Å². The van der Waals surface area contributed by atoms with E-state index in [1.54, 1.807) is 36.4 Å². The van der Waals surface area contributed by atoms with Crippen LogP contribution in [0.4, 0.5) is 17.1 Å². The van der Waals surface area contributed by atoms with E-state index in [2.05, 4.69) is 10.6 Å². The lowest BCUT2D eigenvalue weighted by Gasteiger charge is -2.21. The number of hydrogen-bond donors (Lipinski definition) is 3. The summed E-state index contributed by atoms with van der Waals surface area (Å²) in [6.07, 6.45) is 1.98. The molecule has 182 valence electrons. The number of amides is 1. The van der Waals surface area contributed by atoms with E-state index in [0.29, 0.717) is 34.2 Å². The van der Waals surface area contributed by atoms with Gasteiger partial charge in [-0.25, -0.2) is 0 Å². The molecule has 1 aliphatic rings. The number of aliphatic hydroxyl groups excluding tert-OH is 1. The van der Waals surface area contributed by atoms with E-state index in [4.69, 9.17) is 21.4 Å². The van der Waals surface area contributed by atoms with Gasteiger partial charge in [-0.1, -0.05) is 0 Å². The van der Waals surface area contributed by atoms with Crippen LogP contribution in [0, 0.1) is 10.1 Å². The average molecular weight is 497 g/mol. The number of nitro benzene ring substituents is 1. The standard InChI is InChI=1S/C24H24N4O6S/c1-33-22-8-4-15(21-9-6-17(14-29)34-21)12-19(22)25-24(35)26-23(30)18-13-16(28(31)32)5-7-20(18)27-10-2-3-11-27/h4-9,12-13,29H,2-3,10-11,14H2,1H3,(H2,25,26,30,35). The summed E-state index contributed by atoms with van der Waals surface area (Å²) >= 11 is 5.36. The van der Waals surface area contributed by atoms with E-state index < -0.39 is 10.8 Å². The monoisotopic (exact) mass is 496 g/mol. The van der Waals surface area contributed by atoms with Crippen LogP contribution in [0.3, 0.4) is 0 Å². The lowest BCUT2D eigenvalue weighted by Crippen LogP contribution is -2.35. The van der Waals surface area contributed by atoms with E-state index in [-0.39, 0.29) is 23.0 Å². The van der Waals surface area contributed by atoms with Crippen LogP contribution in [-0.2, 0) is 6.61 Å². The minimum absolute atomic E-state index is 0.000166. The highest BCUT2D eigenvalue weighted by Crippen LogP contribution is 2.32. The van der Waals surface area contributed by atoms with Crippen molar-refractivity contribution >= 4 is 40.3 Å². The number of nitro groups is 1. The molecule has 1 aromatic heterocycles. The quantitative estimate of drug-likeness (QED) is 0.252. The van der Waals surface area contributed by atoms with Crippen molar-refractivity contribution in [2.24, 2.45) is 0 Å². The fraction of sp³-hybridized carbons (Fsp3) is 0.250. The molecule has 1 fully saturated rings. The number of nitrogens with zero attached hydrogens (tertiary/aromatic N) is 2. The van der Waals surface area contributed by atoms with Crippen LogP contribution in [0.1, 0.15) is 29.0 Å². The number of non-ortho nitro benzene ring substituents is 1. The minimum Gasteiger partial charge on any atom is -0.495 e. The molecule has 11 heteroatoms. The van der Waals surface area contributed by atoms with E-state index in [0.717, 1.165) is 25.9 Å². The molecule has 2 heterocycles. The van der Waals surface area contributed by atoms with Gasteiger partial charge in [-0.15, -0.1) is 0 Å². The molecule has 1 amide bonds. The molecule has 3 aromatic rings. The molecule has 0 radical (unpaired) electrons. The Labute approximate surface area is 206 Å². The number of benzene rings is 2. The lowest BCUT2D eigenvalue weighted by molar-refractivity contribution is -0.384. The van der Waals surface area contributed by atoms with Crippen molar-refractivity contribution < 1.29 is 24.0 Å². The molecular formula is C24H24N4O6S. The zero-order chi connectivity index (χ0) is 24.9. The number of methoxy groups -OCH3 is 1. The van der Waals surface area contributed by atoms with Gasteiger partial charge in [0.25, 0.3) is 11.6 Å². The van der Waals surface area contributed by atoms with Crippen molar-refractivity contribution in [3.63, 3.8) is 0 Å². The Morgan fingerprint density at radius 1 is 1.20 bits per heavy atom. The van der Waals surface area contributed by atoms with Gasteiger partial charge < -0.3 is 24.5 Å². The second kappa shape index (κ2) is 10.5. The largest absolute Gasteiger partial charge is 0.495 e. The van der Waals surface area contributed by atoms with Crippen LogP contribution in [0.15, 0.2) is 52.9 Å². The Bertz CT molecular complexity index is 1270. The van der Waals surface area contributed by atoms with Crippen molar-refractivity contribution in [2.75, 3.05) is 30.4 Å². The summed E-state index contributed by atoms with van der Waals surface area (Å²) in [6, 6.07) is 12.9. The molecule has 3 N–H and O–H groups in total. The Balaban J connectivity index is 1.55. The fourth-order valence-corrected chi connectivity index (χ4v) is 4.16. The summed E-state index contributed by atoms with van der Waals surface area (Å²) < 4.78 is 11.0. The molecular weight excluding hydrogens is 472 g/mol. The number of furan rings is 1. The van der Waals surface area contributed by atoms with Gasteiger partial charge in [0.05, 0.1) is 29.0 Å². The van der Waals surface area contributed by atoms with Crippen molar-refractivity contribution in [1.82, 2.24) is 5.32 Å². The number of aliphatic hydroxyl groups is 1. The molecule has 1 aliphatic heterocycles. The van der Waals surface area contributed by atoms with Gasteiger partial charge >= 0.3 is 0 Å². The number of anilines is 2. The van der Waals surface area contributed by atoms with Gasteiger partial charge in [0, 0.05) is 30.8 Å². The fourth-order valence-electron chi connectivity index (χ4n) is 3.95. The zero-order valence-corrected chi connectivity index (χ0v) is 19.8. The predicted octanol–water partition coefficient (Wildman–Crippen LogP) is 4.08. The van der Waals surface area contributed by atoms with E-state index in [9.17, 15) is 20.0 Å². The maximum atomic E-state index is 13.1. The highest BCUT2D eigenvalue weighted by Gasteiger charge is 2.23. The van der Waals surface area contributed by atoms with Crippen LogP contribution in [0.25, 0.3) is 11.3 Å². The van der Waals surface area contributed by atoms with Crippen LogP contribution in [-0.4, -0.2) is 41.2 Å². The summed E-state index contributed by atoms with van der Waals surface area (Å²) in [6.45, 7) is 1.33. The van der Waals surface area contributed by atoms with Crippen LogP contribution < -0.4 is 20.3 Å². The molecule has 1 saturated heterocycles. The number of rotatable bonds is 7. The maximum absolute atomic E-state index is 13.1. The summed E-state index contributed by atoms with van der Waals surface area (Å²) in [7, 11) is 1.50. The molecule has 0 bridgehead atoms. The second-order valence-corrected chi connectivity index (χ2v) is 8.31. The van der Waals surface area contributed by atoms with Crippen LogP contribution in [0.2, 0.25) is 0 Å². The predicted molar refractivity (Wildman–Crippen MR) is 135 cm³/mol. The van der Waals surface area contributed by atoms with Crippen molar-refractivity contribution in [3.8, 4) is 17.1 Å². The lowest BCUT2D eigenvalue weighted by atomic mass is 10.1. The Morgan fingerprint density at radius 3 is 2.63 bits per heavy atom. The van der Waals surface area contributed by atoms with E-state index in [1.165, 1.54) is 19.2 Å². The first kappa shape index (κ1) is 24.2.